The summed E-state index contributed by atoms with van der Waals surface area (Å²) < 4.78 is 23.0. The summed E-state index contributed by atoms with van der Waals surface area (Å²) in [7, 11) is -2.97. The SMILES string of the molecule is CC1CC(C(=O)NC2CCS(=O)(=O)C2)c2ccccc2N1. The zero-order chi connectivity index (χ0) is 15.0. The van der Waals surface area contributed by atoms with Gasteiger partial charge in [0.25, 0.3) is 0 Å². The van der Waals surface area contributed by atoms with Crippen LogP contribution in [0.3, 0.4) is 0 Å². The lowest BCUT2D eigenvalue weighted by molar-refractivity contribution is -0.123. The largest absolute Gasteiger partial charge is 0.382 e. The maximum Gasteiger partial charge on any atom is 0.227 e. The van der Waals surface area contributed by atoms with Crippen molar-refractivity contribution in [2.24, 2.45) is 0 Å². The van der Waals surface area contributed by atoms with Gasteiger partial charge in [-0.05, 0) is 31.4 Å². The number of para-hydroxylation sites is 1. The summed E-state index contributed by atoms with van der Waals surface area (Å²) in [5, 5.41) is 6.30. The van der Waals surface area contributed by atoms with Gasteiger partial charge in [0.1, 0.15) is 0 Å². The molecule has 6 heteroatoms. The average molecular weight is 308 g/mol. The van der Waals surface area contributed by atoms with E-state index in [1.165, 1.54) is 0 Å². The van der Waals surface area contributed by atoms with Crippen LogP contribution in [0.2, 0.25) is 0 Å². The van der Waals surface area contributed by atoms with E-state index in [0.717, 1.165) is 17.7 Å². The summed E-state index contributed by atoms with van der Waals surface area (Å²) in [6, 6.07) is 7.80. The van der Waals surface area contributed by atoms with Crippen molar-refractivity contribution in [2.45, 2.75) is 37.8 Å². The molecule has 3 unspecified atom stereocenters. The van der Waals surface area contributed by atoms with Crippen molar-refractivity contribution in [1.29, 1.82) is 0 Å². The van der Waals surface area contributed by atoms with E-state index >= 15 is 0 Å². The van der Waals surface area contributed by atoms with E-state index in [1.807, 2.05) is 24.3 Å². The number of carbonyl (C=O) groups excluding carboxylic acids is 1. The van der Waals surface area contributed by atoms with Crippen LogP contribution >= 0.6 is 0 Å². The Hall–Kier alpha value is -1.56. The van der Waals surface area contributed by atoms with E-state index in [-0.39, 0.29) is 35.4 Å². The summed E-state index contributed by atoms with van der Waals surface area (Å²) in [6.07, 6.45) is 1.25. The van der Waals surface area contributed by atoms with Gasteiger partial charge in [-0.3, -0.25) is 4.79 Å². The van der Waals surface area contributed by atoms with E-state index in [0.29, 0.717) is 6.42 Å². The van der Waals surface area contributed by atoms with Crippen molar-refractivity contribution in [3.8, 4) is 0 Å². The van der Waals surface area contributed by atoms with Crippen molar-refractivity contribution in [1.82, 2.24) is 5.32 Å². The molecule has 0 radical (unpaired) electrons. The van der Waals surface area contributed by atoms with Crippen LogP contribution in [0.25, 0.3) is 0 Å². The maximum atomic E-state index is 12.5. The third-order valence-corrected chi connectivity index (χ3v) is 5.99. The second kappa shape index (κ2) is 5.33. The minimum atomic E-state index is -2.97. The average Bonchev–Trinajstić information content (AvgIpc) is 2.76. The molecule has 3 rings (SSSR count). The van der Waals surface area contributed by atoms with E-state index in [9.17, 15) is 13.2 Å². The fourth-order valence-electron chi connectivity index (χ4n) is 3.20. The molecule has 0 bridgehead atoms. The highest BCUT2D eigenvalue weighted by Crippen LogP contribution is 2.34. The van der Waals surface area contributed by atoms with Gasteiger partial charge in [-0.15, -0.1) is 0 Å². The molecule has 2 aliphatic rings. The number of amides is 1. The fraction of sp³-hybridized carbons (Fsp3) is 0.533. The number of carbonyl (C=O) groups is 1. The lowest BCUT2D eigenvalue weighted by Gasteiger charge is -2.31. The number of fused-ring (bicyclic) bond motifs is 1. The predicted molar refractivity (Wildman–Crippen MR) is 82.1 cm³/mol. The van der Waals surface area contributed by atoms with E-state index in [2.05, 4.69) is 17.6 Å². The molecule has 0 aliphatic carbocycles. The molecule has 1 aromatic rings. The quantitative estimate of drug-likeness (QED) is 0.863. The molecule has 3 atom stereocenters. The van der Waals surface area contributed by atoms with E-state index < -0.39 is 9.84 Å². The van der Waals surface area contributed by atoms with Gasteiger partial charge in [-0.2, -0.15) is 0 Å². The van der Waals surface area contributed by atoms with Crippen molar-refractivity contribution < 1.29 is 13.2 Å². The second-order valence-electron chi connectivity index (χ2n) is 6.03. The topological polar surface area (TPSA) is 75.3 Å². The number of hydrogen-bond donors (Lipinski definition) is 2. The maximum absolute atomic E-state index is 12.5. The van der Waals surface area contributed by atoms with Crippen molar-refractivity contribution in [2.75, 3.05) is 16.8 Å². The molecule has 21 heavy (non-hydrogen) atoms. The summed E-state index contributed by atoms with van der Waals surface area (Å²) in [4.78, 5) is 12.5. The first kappa shape index (κ1) is 14.4. The molecule has 1 fully saturated rings. The molecule has 5 nitrogen and oxygen atoms in total. The number of benzene rings is 1. The van der Waals surface area contributed by atoms with Crippen LogP contribution in [0.15, 0.2) is 24.3 Å². The van der Waals surface area contributed by atoms with Crippen LogP contribution in [0.4, 0.5) is 5.69 Å². The monoisotopic (exact) mass is 308 g/mol. The van der Waals surface area contributed by atoms with Crippen molar-refractivity contribution in [3.05, 3.63) is 29.8 Å². The number of anilines is 1. The molecule has 1 aromatic carbocycles. The first-order chi connectivity index (χ1) is 9.94. The fourth-order valence-corrected chi connectivity index (χ4v) is 4.87. The Balaban J connectivity index is 1.76. The first-order valence-corrected chi connectivity index (χ1v) is 9.13. The Morgan fingerprint density at radius 1 is 1.33 bits per heavy atom. The molecule has 114 valence electrons. The summed E-state index contributed by atoms with van der Waals surface area (Å²) >= 11 is 0. The second-order valence-corrected chi connectivity index (χ2v) is 8.26. The molecule has 0 aromatic heterocycles. The Kier molecular flexibility index (Phi) is 3.65. The number of nitrogens with one attached hydrogen (secondary N) is 2. The lowest BCUT2D eigenvalue weighted by atomic mass is 9.86. The van der Waals surface area contributed by atoms with Gasteiger partial charge in [-0.25, -0.2) is 8.42 Å². The molecular weight excluding hydrogens is 288 g/mol. The zero-order valence-corrected chi connectivity index (χ0v) is 12.8. The lowest BCUT2D eigenvalue weighted by Crippen LogP contribution is -2.41. The highest BCUT2D eigenvalue weighted by atomic mass is 32.2. The Labute approximate surface area is 125 Å². The minimum absolute atomic E-state index is 0.0575. The van der Waals surface area contributed by atoms with Gasteiger partial charge >= 0.3 is 0 Å². The third-order valence-electron chi connectivity index (χ3n) is 4.22. The smallest absolute Gasteiger partial charge is 0.227 e. The Morgan fingerprint density at radius 2 is 2.10 bits per heavy atom. The molecule has 2 N–H and O–H groups in total. The predicted octanol–water partition coefficient (Wildman–Crippen LogP) is 1.28. The van der Waals surface area contributed by atoms with Gasteiger partial charge in [0.05, 0.1) is 17.4 Å². The highest BCUT2D eigenvalue weighted by molar-refractivity contribution is 7.91. The first-order valence-electron chi connectivity index (χ1n) is 7.31. The molecule has 1 saturated heterocycles. The van der Waals surface area contributed by atoms with Gasteiger partial charge in [-0.1, -0.05) is 18.2 Å². The van der Waals surface area contributed by atoms with E-state index in [1.54, 1.807) is 0 Å². The summed E-state index contributed by atoms with van der Waals surface area (Å²) in [6.45, 7) is 2.05. The number of hydrogen-bond acceptors (Lipinski definition) is 4. The normalized spacial score (nSPS) is 30.2. The third kappa shape index (κ3) is 3.05. The van der Waals surface area contributed by atoms with Crippen LogP contribution in [-0.2, 0) is 14.6 Å². The summed E-state index contributed by atoms with van der Waals surface area (Å²) in [5.74, 6) is -0.0171. The Morgan fingerprint density at radius 3 is 2.81 bits per heavy atom. The van der Waals surface area contributed by atoms with Crippen LogP contribution in [0.5, 0.6) is 0 Å². The van der Waals surface area contributed by atoms with Crippen molar-refractivity contribution >= 4 is 21.4 Å². The van der Waals surface area contributed by atoms with Crippen LogP contribution in [-0.4, -0.2) is 37.9 Å². The Bertz CT molecular complexity index is 657. The van der Waals surface area contributed by atoms with E-state index in [4.69, 9.17) is 0 Å². The van der Waals surface area contributed by atoms with Gasteiger partial charge in [0.2, 0.25) is 5.91 Å². The number of sulfone groups is 1. The zero-order valence-electron chi connectivity index (χ0n) is 12.0. The van der Waals surface area contributed by atoms with Gasteiger partial charge < -0.3 is 10.6 Å². The molecule has 0 saturated carbocycles. The molecule has 0 spiro atoms. The molecule has 2 heterocycles. The molecular formula is C15H20N2O3S. The van der Waals surface area contributed by atoms with Crippen LogP contribution < -0.4 is 10.6 Å². The standard InChI is InChI=1S/C15H20N2O3S/c1-10-8-13(12-4-2-3-5-14(12)16-10)15(18)17-11-6-7-21(19,20)9-11/h2-5,10-11,13,16H,6-9H2,1H3,(H,17,18). The van der Waals surface area contributed by atoms with Crippen LogP contribution in [0, 0.1) is 0 Å². The van der Waals surface area contributed by atoms with Gasteiger partial charge in [0.15, 0.2) is 9.84 Å². The minimum Gasteiger partial charge on any atom is -0.382 e. The molecule has 2 aliphatic heterocycles. The van der Waals surface area contributed by atoms with Gasteiger partial charge in [0, 0.05) is 17.8 Å². The van der Waals surface area contributed by atoms with Crippen LogP contribution in [0.1, 0.15) is 31.2 Å². The molecule has 1 amide bonds. The van der Waals surface area contributed by atoms with Crippen molar-refractivity contribution in [3.63, 3.8) is 0 Å². The summed E-state index contributed by atoms with van der Waals surface area (Å²) in [5.41, 5.74) is 1.99. The highest BCUT2D eigenvalue weighted by Gasteiger charge is 2.34. The number of rotatable bonds is 2.